The summed E-state index contributed by atoms with van der Waals surface area (Å²) in [6, 6.07) is 7.59. The summed E-state index contributed by atoms with van der Waals surface area (Å²) in [5.74, 6) is 1.08. The highest BCUT2D eigenvalue weighted by molar-refractivity contribution is 5.71. The zero-order valence-corrected chi connectivity index (χ0v) is 10.3. The van der Waals surface area contributed by atoms with E-state index < -0.39 is 0 Å². The van der Waals surface area contributed by atoms with Crippen molar-refractivity contribution in [1.82, 2.24) is 9.97 Å². The quantitative estimate of drug-likeness (QED) is 0.835. The van der Waals surface area contributed by atoms with E-state index in [1.165, 1.54) is 7.11 Å². The lowest BCUT2D eigenvalue weighted by Crippen LogP contribution is -2.05. The fourth-order valence-electron chi connectivity index (χ4n) is 1.58. The maximum absolute atomic E-state index is 11.1. The molecule has 0 amide bonds. The van der Waals surface area contributed by atoms with Crippen LogP contribution in [0, 0.1) is 0 Å². The molecule has 0 saturated carbocycles. The summed E-state index contributed by atoms with van der Waals surface area (Å²) >= 11 is 0. The highest BCUT2D eigenvalue weighted by Crippen LogP contribution is 2.20. The van der Waals surface area contributed by atoms with E-state index in [4.69, 9.17) is 4.74 Å². The minimum Gasteiger partial charge on any atom is -0.497 e. The van der Waals surface area contributed by atoms with Crippen molar-refractivity contribution >= 4 is 5.97 Å². The molecule has 0 unspecified atom stereocenters. The molecule has 94 valence electrons. The number of carbonyl (C=O) groups is 1. The van der Waals surface area contributed by atoms with E-state index in [2.05, 4.69) is 14.7 Å². The van der Waals surface area contributed by atoms with Crippen molar-refractivity contribution in [3.8, 4) is 17.0 Å². The van der Waals surface area contributed by atoms with Crippen LogP contribution in [-0.4, -0.2) is 30.2 Å². The monoisotopic (exact) mass is 246 g/mol. The van der Waals surface area contributed by atoms with E-state index in [-0.39, 0.29) is 12.4 Å². The van der Waals surface area contributed by atoms with Crippen molar-refractivity contribution in [2.45, 2.75) is 6.42 Å². The van der Waals surface area contributed by atoms with Crippen molar-refractivity contribution in [2.75, 3.05) is 14.2 Å². The van der Waals surface area contributed by atoms with Gasteiger partial charge in [0.2, 0.25) is 0 Å². The van der Waals surface area contributed by atoms with Crippen LogP contribution in [0.1, 0.15) is 5.82 Å². The molecule has 2 rings (SSSR count). The molecule has 2 aromatic rings. The molecule has 0 bridgehead atoms. The first-order chi connectivity index (χ1) is 8.72. The summed E-state index contributed by atoms with van der Waals surface area (Å²) in [7, 11) is 2.98. The molecule has 1 aromatic carbocycles. The topological polar surface area (TPSA) is 64.2 Å². The Kier molecular flexibility index (Phi) is 3.62. The van der Waals surface area contributed by atoms with Gasteiger partial charge in [-0.2, -0.15) is 0 Å². The lowest BCUT2D eigenvalue weighted by molar-refractivity contribution is -0.139. The molecule has 0 aliphatic heterocycles. The van der Waals surface area contributed by atoms with Crippen molar-refractivity contribution < 1.29 is 14.3 Å². The Bertz CT molecular complexity index is 531. The molecule has 0 atom stereocenters. The second-order valence-corrected chi connectivity index (χ2v) is 3.72. The van der Waals surface area contributed by atoms with Crippen molar-refractivity contribution in [1.29, 1.82) is 0 Å². The normalized spacial score (nSPS) is 10.1. The number of imidazole rings is 1. The predicted molar refractivity (Wildman–Crippen MR) is 66.3 cm³/mol. The van der Waals surface area contributed by atoms with Gasteiger partial charge in [0.15, 0.2) is 0 Å². The van der Waals surface area contributed by atoms with Crippen LogP contribution >= 0.6 is 0 Å². The van der Waals surface area contributed by atoms with E-state index in [1.807, 2.05) is 24.3 Å². The second kappa shape index (κ2) is 5.35. The van der Waals surface area contributed by atoms with E-state index >= 15 is 0 Å². The van der Waals surface area contributed by atoms with Crippen LogP contribution in [-0.2, 0) is 16.0 Å². The maximum Gasteiger partial charge on any atom is 0.313 e. The van der Waals surface area contributed by atoms with Crippen molar-refractivity contribution in [3.05, 3.63) is 36.3 Å². The van der Waals surface area contributed by atoms with Gasteiger partial charge in [-0.05, 0) is 29.8 Å². The largest absolute Gasteiger partial charge is 0.497 e. The van der Waals surface area contributed by atoms with Gasteiger partial charge in [-0.15, -0.1) is 0 Å². The van der Waals surface area contributed by atoms with Crippen LogP contribution in [0.4, 0.5) is 0 Å². The average Bonchev–Trinajstić information content (AvgIpc) is 2.87. The third-order valence-corrected chi connectivity index (χ3v) is 2.57. The number of nitrogens with zero attached hydrogens (tertiary/aromatic N) is 1. The summed E-state index contributed by atoms with van der Waals surface area (Å²) in [5.41, 5.74) is 1.84. The molecule has 0 saturated heterocycles. The van der Waals surface area contributed by atoms with E-state index in [1.54, 1.807) is 13.3 Å². The van der Waals surface area contributed by atoms with E-state index in [0.717, 1.165) is 17.0 Å². The number of esters is 1. The van der Waals surface area contributed by atoms with Crippen molar-refractivity contribution in [3.63, 3.8) is 0 Å². The average molecular weight is 246 g/mol. The summed E-state index contributed by atoms with van der Waals surface area (Å²) in [6.45, 7) is 0. The third-order valence-electron chi connectivity index (χ3n) is 2.57. The number of aromatic nitrogens is 2. The van der Waals surface area contributed by atoms with Crippen molar-refractivity contribution in [2.24, 2.45) is 0 Å². The second-order valence-electron chi connectivity index (χ2n) is 3.72. The number of hydrogen-bond acceptors (Lipinski definition) is 4. The standard InChI is InChI=1S/C13H14N2O3/c1-17-10-5-3-9(4-6-10)11-8-14-12(15-11)7-13(16)18-2/h3-6,8H,7H2,1-2H3,(H,14,15). The van der Waals surface area contributed by atoms with Gasteiger partial charge in [-0.1, -0.05) is 0 Å². The Labute approximate surface area is 105 Å². The highest BCUT2D eigenvalue weighted by Gasteiger charge is 2.08. The van der Waals surface area contributed by atoms with Crippen LogP contribution in [0.5, 0.6) is 5.75 Å². The van der Waals surface area contributed by atoms with Gasteiger partial charge in [0.05, 0.1) is 26.1 Å². The number of nitrogens with one attached hydrogen (secondary N) is 1. The Morgan fingerprint density at radius 2 is 2.00 bits per heavy atom. The van der Waals surface area contributed by atoms with Crippen LogP contribution in [0.25, 0.3) is 11.3 Å². The number of carbonyl (C=O) groups excluding carboxylic acids is 1. The van der Waals surface area contributed by atoms with E-state index in [9.17, 15) is 4.79 Å². The minimum atomic E-state index is -0.314. The van der Waals surface area contributed by atoms with Gasteiger partial charge in [-0.3, -0.25) is 4.79 Å². The molecular weight excluding hydrogens is 232 g/mol. The molecule has 18 heavy (non-hydrogen) atoms. The number of aromatic amines is 1. The Hall–Kier alpha value is -2.30. The highest BCUT2D eigenvalue weighted by atomic mass is 16.5. The molecular formula is C13H14N2O3. The lowest BCUT2D eigenvalue weighted by Gasteiger charge is -2.01. The number of methoxy groups -OCH3 is 2. The molecule has 0 radical (unpaired) electrons. The third kappa shape index (κ3) is 2.68. The molecule has 0 spiro atoms. The van der Waals surface area contributed by atoms with E-state index in [0.29, 0.717) is 5.82 Å². The van der Waals surface area contributed by atoms with Crippen LogP contribution in [0.3, 0.4) is 0 Å². The molecule has 0 aliphatic rings. The Balaban J connectivity index is 2.15. The van der Waals surface area contributed by atoms with Gasteiger partial charge in [0, 0.05) is 0 Å². The predicted octanol–water partition coefficient (Wildman–Crippen LogP) is 1.80. The Morgan fingerprint density at radius 1 is 1.28 bits per heavy atom. The Morgan fingerprint density at radius 3 is 2.61 bits per heavy atom. The zero-order valence-electron chi connectivity index (χ0n) is 10.3. The molecule has 5 nitrogen and oxygen atoms in total. The summed E-state index contributed by atoms with van der Waals surface area (Å²) in [4.78, 5) is 18.3. The number of ether oxygens (including phenoxy) is 2. The first kappa shape index (κ1) is 12.2. The first-order valence-corrected chi connectivity index (χ1v) is 5.48. The molecule has 1 N–H and O–H groups in total. The van der Waals surface area contributed by atoms with Gasteiger partial charge < -0.3 is 14.5 Å². The van der Waals surface area contributed by atoms with Crippen LogP contribution in [0.15, 0.2) is 30.5 Å². The summed E-state index contributed by atoms with van der Waals surface area (Å²) < 4.78 is 9.67. The smallest absolute Gasteiger partial charge is 0.313 e. The van der Waals surface area contributed by atoms with Gasteiger partial charge in [-0.25, -0.2) is 4.98 Å². The molecule has 1 aromatic heterocycles. The van der Waals surface area contributed by atoms with Crippen LogP contribution < -0.4 is 4.74 Å². The fourth-order valence-corrected chi connectivity index (χ4v) is 1.58. The number of benzene rings is 1. The number of hydrogen-bond donors (Lipinski definition) is 1. The zero-order chi connectivity index (χ0) is 13.0. The van der Waals surface area contributed by atoms with Gasteiger partial charge in [0.25, 0.3) is 0 Å². The maximum atomic E-state index is 11.1. The number of rotatable bonds is 4. The summed E-state index contributed by atoms with van der Waals surface area (Å²) in [5, 5.41) is 0. The van der Waals surface area contributed by atoms with Crippen LogP contribution in [0.2, 0.25) is 0 Å². The van der Waals surface area contributed by atoms with Gasteiger partial charge >= 0.3 is 5.97 Å². The van der Waals surface area contributed by atoms with Gasteiger partial charge in [0.1, 0.15) is 18.0 Å². The molecule has 5 heteroatoms. The lowest BCUT2D eigenvalue weighted by atomic mass is 10.2. The fraction of sp³-hybridized carbons (Fsp3) is 0.231. The molecule has 1 heterocycles. The molecule has 0 fully saturated rings. The molecule has 0 aliphatic carbocycles. The number of H-pyrrole nitrogens is 1. The summed E-state index contributed by atoms with van der Waals surface area (Å²) in [6.07, 6.45) is 1.84. The first-order valence-electron chi connectivity index (χ1n) is 5.48. The minimum absolute atomic E-state index is 0.145. The SMILES string of the molecule is COC(=O)Cc1ncc(-c2ccc(OC)cc2)[nH]1.